The highest BCUT2D eigenvalue weighted by Crippen LogP contribution is 2.26. The summed E-state index contributed by atoms with van der Waals surface area (Å²) in [5, 5.41) is 0. The second-order valence-corrected chi connectivity index (χ2v) is 6.83. The molecule has 0 saturated carbocycles. The van der Waals surface area contributed by atoms with Crippen LogP contribution >= 0.6 is 0 Å². The van der Waals surface area contributed by atoms with E-state index in [-0.39, 0.29) is 11.4 Å². The Morgan fingerprint density at radius 1 is 1.04 bits per heavy atom. The molecule has 1 N–H and O–H groups in total. The number of aromatic nitrogens is 1. The number of hydrogen-bond donors (Lipinski definition) is 1. The van der Waals surface area contributed by atoms with Crippen LogP contribution in [0.5, 0.6) is 0 Å². The zero-order valence-corrected chi connectivity index (χ0v) is 13.7. The Balaban J connectivity index is 1.84. The molecule has 6 heteroatoms. The van der Waals surface area contributed by atoms with Gasteiger partial charge in [-0.2, -0.15) is 0 Å². The van der Waals surface area contributed by atoms with Gasteiger partial charge in [0.15, 0.2) is 5.76 Å². The fraction of sp³-hybridized carbons (Fsp3) is 0.0556. The topological polar surface area (TPSA) is 72.2 Å². The van der Waals surface area contributed by atoms with Crippen molar-refractivity contribution in [3.63, 3.8) is 0 Å². The zero-order valence-electron chi connectivity index (χ0n) is 12.8. The third-order valence-electron chi connectivity index (χ3n) is 3.39. The lowest BCUT2D eigenvalue weighted by atomic mass is 10.2. The van der Waals surface area contributed by atoms with E-state index in [9.17, 15) is 8.42 Å². The van der Waals surface area contributed by atoms with E-state index in [0.717, 1.165) is 5.56 Å². The summed E-state index contributed by atoms with van der Waals surface area (Å²) in [5.41, 5.74) is 1.64. The molecule has 0 spiro atoms. The Hall–Kier alpha value is -2.70. The van der Waals surface area contributed by atoms with E-state index in [2.05, 4.69) is 16.3 Å². The van der Waals surface area contributed by atoms with Crippen LogP contribution in [0.3, 0.4) is 0 Å². The van der Waals surface area contributed by atoms with Gasteiger partial charge in [-0.3, -0.25) is 0 Å². The van der Waals surface area contributed by atoms with Gasteiger partial charge in [0.1, 0.15) is 0 Å². The number of sulfonamides is 1. The average Bonchev–Trinajstić information content (AvgIpc) is 3.11. The fourth-order valence-corrected chi connectivity index (χ4v) is 3.17. The van der Waals surface area contributed by atoms with Crippen LogP contribution in [0, 0.1) is 0 Å². The molecular weight excluding hydrogens is 324 g/mol. The molecule has 122 valence electrons. The summed E-state index contributed by atoms with van der Waals surface area (Å²) in [6.07, 6.45) is 3.14. The van der Waals surface area contributed by atoms with Crippen molar-refractivity contribution in [2.75, 3.05) is 6.54 Å². The first-order chi connectivity index (χ1) is 11.6. The average molecular weight is 340 g/mol. The summed E-state index contributed by atoms with van der Waals surface area (Å²) in [6, 6.07) is 16.0. The Morgan fingerprint density at radius 3 is 2.42 bits per heavy atom. The predicted molar refractivity (Wildman–Crippen MR) is 92.8 cm³/mol. The molecule has 24 heavy (non-hydrogen) atoms. The van der Waals surface area contributed by atoms with Crippen molar-refractivity contribution in [3.8, 4) is 22.8 Å². The number of nitrogens with one attached hydrogen (secondary N) is 1. The van der Waals surface area contributed by atoms with Crippen molar-refractivity contribution in [3.05, 3.63) is 73.4 Å². The van der Waals surface area contributed by atoms with E-state index >= 15 is 0 Å². The lowest BCUT2D eigenvalue weighted by Crippen LogP contribution is -2.23. The van der Waals surface area contributed by atoms with Gasteiger partial charge in [0.25, 0.3) is 0 Å². The van der Waals surface area contributed by atoms with E-state index in [1.54, 1.807) is 18.3 Å². The maximum Gasteiger partial charge on any atom is 0.240 e. The van der Waals surface area contributed by atoms with Gasteiger partial charge < -0.3 is 4.42 Å². The van der Waals surface area contributed by atoms with Crippen LogP contribution < -0.4 is 4.72 Å². The second kappa shape index (κ2) is 6.82. The molecule has 0 saturated heterocycles. The highest BCUT2D eigenvalue weighted by molar-refractivity contribution is 7.89. The first-order valence-electron chi connectivity index (χ1n) is 7.32. The number of benzene rings is 2. The lowest BCUT2D eigenvalue weighted by molar-refractivity contribution is 0.584. The van der Waals surface area contributed by atoms with Crippen LogP contribution in [0.4, 0.5) is 0 Å². The van der Waals surface area contributed by atoms with Gasteiger partial charge >= 0.3 is 0 Å². The van der Waals surface area contributed by atoms with Gasteiger partial charge in [0, 0.05) is 17.7 Å². The number of oxazole rings is 1. The van der Waals surface area contributed by atoms with E-state index in [0.29, 0.717) is 17.2 Å². The van der Waals surface area contributed by atoms with E-state index in [1.807, 2.05) is 30.3 Å². The zero-order chi connectivity index (χ0) is 17.0. The van der Waals surface area contributed by atoms with Gasteiger partial charge in [-0.1, -0.05) is 36.4 Å². The molecular formula is C18H16N2O3S. The van der Waals surface area contributed by atoms with Crippen LogP contribution in [0.2, 0.25) is 0 Å². The van der Waals surface area contributed by atoms with Gasteiger partial charge in [-0.25, -0.2) is 18.1 Å². The first kappa shape index (κ1) is 16.2. The largest absolute Gasteiger partial charge is 0.436 e. The molecule has 0 aliphatic rings. The Bertz CT molecular complexity index is 930. The molecule has 3 aromatic rings. The smallest absolute Gasteiger partial charge is 0.240 e. The molecule has 0 unspecified atom stereocenters. The van der Waals surface area contributed by atoms with Crippen molar-refractivity contribution in [1.29, 1.82) is 0 Å². The second-order valence-electron chi connectivity index (χ2n) is 5.06. The Morgan fingerprint density at radius 2 is 1.75 bits per heavy atom. The number of rotatable bonds is 6. The van der Waals surface area contributed by atoms with Crippen LogP contribution in [0.25, 0.3) is 22.8 Å². The van der Waals surface area contributed by atoms with Gasteiger partial charge in [0.05, 0.1) is 11.1 Å². The molecule has 0 radical (unpaired) electrons. The minimum atomic E-state index is -3.53. The summed E-state index contributed by atoms with van der Waals surface area (Å²) in [4.78, 5) is 4.44. The van der Waals surface area contributed by atoms with Crippen molar-refractivity contribution in [2.45, 2.75) is 4.90 Å². The molecule has 0 atom stereocenters. The fourth-order valence-electron chi connectivity index (χ4n) is 2.17. The van der Waals surface area contributed by atoms with Gasteiger partial charge in [-0.05, 0) is 24.3 Å². The molecule has 0 amide bonds. The van der Waals surface area contributed by atoms with Crippen molar-refractivity contribution in [2.24, 2.45) is 0 Å². The molecule has 0 fully saturated rings. The van der Waals surface area contributed by atoms with Gasteiger partial charge in [-0.15, -0.1) is 6.58 Å². The molecule has 0 bridgehead atoms. The van der Waals surface area contributed by atoms with E-state index in [1.165, 1.54) is 18.2 Å². The quantitative estimate of drug-likeness (QED) is 0.697. The summed E-state index contributed by atoms with van der Waals surface area (Å²) in [6.45, 7) is 3.68. The summed E-state index contributed by atoms with van der Waals surface area (Å²) in [7, 11) is -3.53. The third kappa shape index (κ3) is 3.45. The normalized spacial score (nSPS) is 11.3. The molecule has 3 rings (SSSR count). The molecule has 1 heterocycles. The summed E-state index contributed by atoms with van der Waals surface area (Å²) >= 11 is 0. The van der Waals surface area contributed by atoms with Crippen LogP contribution in [0.1, 0.15) is 0 Å². The highest BCUT2D eigenvalue weighted by atomic mass is 32.2. The van der Waals surface area contributed by atoms with Crippen LogP contribution in [0.15, 0.2) is 82.8 Å². The minimum Gasteiger partial charge on any atom is -0.436 e. The van der Waals surface area contributed by atoms with Crippen molar-refractivity contribution in [1.82, 2.24) is 9.71 Å². The molecule has 0 aliphatic heterocycles. The predicted octanol–water partition coefficient (Wildman–Crippen LogP) is 3.47. The number of nitrogens with zero attached hydrogens (tertiary/aromatic N) is 1. The minimum absolute atomic E-state index is 0.183. The Labute approximate surface area is 140 Å². The maximum absolute atomic E-state index is 12.0. The standard InChI is InChI=1S/C18H16N2O3S/c1-2-12-20-24(21,22)16-10-8-15(9-11-16)18-19-13-17(23-18)14-6-4-3-5-7-14/h2-11,13,20H,1,12H2. The molecule has 2 aromatic carbocycles. The summed E-state index contributed by atoms with van der Waals surface area (Å²) in [5.74, 6) is 1.10. The van der Waals surface area contributed by atoms with Gasteiger partial charge in [0.2, 0.25) is 15.9 Å². The molecule has 5 nitrogen and oxygen atoms in total. The van der Waals surface area contributed by atoms with Crippen LogP contribution in [-0.2, 0) is 10.0 Å². The monoisotopic (exact) mass is 340 g/mol. The first-order valence-corrected chi connectivity index (χ1v) is 8.81. The van der Waals surface area contributed by atoms with Crippen molar-refractivity contribution < 1.29 is 12.8 Å². The SMILES string of the molecule is C=CCNS(=O)(=O)c1ccc(-c2ncc(-c3ccccc3)o2)cc1. The van der Waals surface area contributed by atoms with E-state index < -0.39 is 10.0 Å². The van der Waals surface area contributed by atoms with Crippen molar-refractivity contribution >= 4 is 10.0 Å². The van der Waals surface area contributed by atoms with E-state index in [4.69, 9.17) is 4.42 Å². The summed E-state index contributed by atoms with van der Waals surface area (Å²) < 4.78 is 32.2. The number of hydrogen-bond acceptors (Lipinski definition) is 4. The molecule has 1 aromatic heterocycles. The Kier molecular flexibility index (Phi) is 4.59. The maximum atomic E-state index is 12.0. The molecule has 0 aliphatic carbocycles. The third-order valence-corrected chi connectivity index (χ3v) is 4.83. The van der Waals surface area contributed by atoms with Crippen LogP contribution in [-0.4, -0.2) is 19.9 Å². The lowest BCUT2D eigenvalue weighted by Gasteiger charge is -2.05. The highest BCUT2D eigenvalue weighted by Gasteiger charge is 2.14.